The third kappa shape index (κ3) is 1.85. The molecule has 0 saturated heterocycles. The SMILES string of the molecule is CC1(C)[C@@]2(C)CC[C@@]1(C(=O)Nc1ccccc1)c1nc3ccccc3nc12. The predicted octanol–water partition coefficient (Wildman–Crippen LogP) is 4.60. The number of nitrogens with one attached hydrogen (secondary N) is 1. The normalized spacial score (nSPS) is 27.5. The van der Waals surface area contributed by atoms with E-state index >= 15 is 0 Å². The quantitative estimate of drug-likeness (QED) is 0.729. The number of rotatable bonds is 2. The summed E-state index contributed by atoms with van der Waals surface area (Å²) in [5.41, 5.74) is 3.36. The lowest BCUT2D eigenvalue weighted by Gasteiger charge is -2.39. The van der Waals surface area contributed by atoms with Gasteiger partial charge in [0.05, 0.1) is 27.8 Å². The van der Waals surface area contributed by atoms with Crippen LogP contribution in [0, 0.1) is 5.41 Å². The summed E-state index contributed by atoms with van der Waals surface area (Å²) in [6, 6.07) is 17.6. The molecule has 1 saturated carbocycles. The molecule has 4 heteroatoms. The topological polar surface area (TPSA) is 54.9 Å². The van der Waals surface area contributed by atoms with Gasteiger partial charge in [0.25, 0.3) is 0 Å². The first kappa shape index (κ1) is 16.4. The first-order valence-corrected chi connectivity index (χ1v) is 9.54. The summed E-state index contributed by atoms with van der Waals surface area (Å²) in [7, 11) is 0. The van der Waals surface area contributed by atoms with Crippen molar-refractivity contribution >= 4 is 22.6 Å². The fraction of sp³-hybridized carbons (Fsp3) is 0.348. The van der Waals surface area contributed by atoms with Crippen LogP contribution in [0.15, 0.2) is 54.6 Å². The van der Waals surface area contributed by atoms with Crippen molar-refractivity contribution in [2.45, 2.75) is 44.4 Å². The maximum absolute atomic E-state index is 13.7. The minimum Gasteiger partial charge on any atom is -0.325 e. The number of carbonyl (C=O) groups excluding carboxylic acids is 1. The monoisotopic (exact) mass is 357 g/mol. The predicted molar refractivity (Wildman–Crippen MR) is 107 cm³/mol. The van der Waals surface area contributed by atoms with E-state index in [0.29, 0.717) is 0 Å². The van der Waals surface area contributed by atoms with Gasteiger partial charge < -0.3 is 5.32 Å². The standard InChI is InChI=1S/C23H23N3O/c1-21(2)22(3)13-14-23(21,20(27)24-15-9-5-4-6-10-15)19-18(22)25-16-11-7-8-12-17(16)26-19/h4-12H,13-14H2,1-3H3,(H,24,27)/t22-,23-/m0/s1. The van der Waals surface area contributed by atoms with E-state index in [1.54, 1.807) is 0 Å². The summed E-state index contributed by atoms with van der Waals surface area (Å²) in [5, 5.41) is 3.16. The van der Waals surface area contributed by atoms with E-state index < -0.39 is 5.41 Å². The summed E-state index contributed by atoms with van der Waals surface area (Å²) in [4.78, 5) is 23.7. The van der Waals surface area contributed by atoms with Crippen LogP contribution in [0.3, 0.4) is 0 Å². The molecule has 1 fully saturated rings. The van der Waals surface area contributed by atoms with Crippen LogP contribution in [0.25, 0.3) is 11.0 Å². The highest BCUT2D eigenvalue weighted by Gasteiger charge is 2.73. The second-order valence-corrected chi connectivity index (χ2v) is 8.59. The number of fused-ring (bicyclic) bond motifs is 6. The van der Waals surface area contributed by atoms with Gasteiger partial charge in [-0.2, -0.15) is 0 Å². The van der Waals surface area contributed by atoms with Crippen LogP contribution in [0.2, 0.25) is 0 Å². The number of benzene rings is 2. The van der Waals surface area contributed by atoms with Gasteiger partial charge in [0, 0.05) is 11.1 Å². The van der Waals surface area contributed by atoms with E-state index in [-0.39, 0.29) is 16.7 Å². The van der Waals surface area contributed by atoms with Crippen molar-refractivity contribution in [2.24, 2.45) is 5.41 Å². The number of anilines is 1. The second kappa shape index (κ2) is 5.16. The summed E-state index contributed by atoms with van der Waals surface area (Å²) < 4.78 is 0. The molecule has 1 heterocycles. The molecule has 1 N–H and O–H groups in total. The van der Waals surface area contributed by atoms with Crippen LogP contribution in [0.1, 0.15) is 45.0 Å². The summed E-state index contributed by atoms with van der Waals surface area (Å²) in [6.07, 6.45) is 1.75. The number of hydrogen-bond donors (Lipinski definition) is 1. The summed E-state index contributed by atoms with van der Waals surface area (Å²) in [6.45, 7) is 6.66. The molecule has 3 aromatic rings. The van der Waals surface area contributed by atoms with Gasteiger partial charge in [0.15, 0.2) is 0 Å². The highest BCUT2D eigenvalue weighted by molar-refractivity contribution is 6.02. The molecule has 4 nitrogen and oxygen atoms in total. The zero-order chi connectivity index (χ0) is 18.9. The van der Waals surface area contributed by atoms with Gasteiger partial charge in [-0.3, -0.25) is 4.79 Å². The van der Waals surface area contributed by atoms with Crippen molar-refractivity contribution in [3.8, 4) is 0 Å². The lowest BCUT2D eigenvalue weighted by Crippen LogP contribution is -2.48. The van der Waals surface area contributed by atoms with Gasteiger partial charge in [-0.1, -0.05) is 51.1 Å². The Kier molecular flexibility index (Phi) is 3.14. The fourth-order valence-corrected chi connectivity index (χ4v) is 5.31. The first-order chi connectivity index (χ1) is 12.9. The Labute approximate surface area is 159 Å². The molecule has 2 bridgehead atoms. The largest absolute Gasteiger partial charge is 0.325 e. The van der Waals surface area contributed by atoms with E-state index in [1.807, 2.05) is 54.6 Å². The van der Waals surface area contributed by atoms with Crippen LogP contribution < -0.4 is 5.32 Å². The van der Waals surface area contributed by atoms with Gasteiger partial charge >= 0.3 is 0 Å². The Morgan fingerprint density at radius 1 is 0.852 bits per heavy atom. The molecule has 0 radical (unpaired) electrons. The van der Waals surface area contributed by atoms with Gasteiger partial charge in [-0.15, -0.1) is 0 Å². The molecule has 2 aliphatic carbocycles. The number of hydrogen-bond acceptors (Lipinski definition) is 3. The maximum Gasteiger partial charge on any atom is 0.237 e. The van der Waals surface area contributed by atoms with Gasteiger partial charge in [0.1, 0.15) is 0 Å². The summed E-state index contributed by atoms with van der Waals surface area (Å²) >= 11 is 0. The Balaban J connectivity index is 1.72. The lowest BCUT2D eigenvalue weighted by atomic mass is 9.63. The molecule has 2 aliphatic rings. The average Bonchev–Trinajstić information content (AvgIpc) is 2.97. The van der Waals surface area contributed by atoms with Crippen molar-refractivity contribution in [1.82, 2.24) is 9.97 Å². The van der Waals surface area contributed by atoms with Crippen molar-refractivity contribution in [1.29, 1.82) is 0 Å². The lowest BCUT2D eigenvalue weighted by molar-refractivity contribution is -0.125. The molecule has 1 amide bonds. The van der Waals surface area contributed by atoms with E-state index in [4.69, 9.17) is 9.97 Å². The van der Waals surface area contributed by atoms with Gasteiger partial charge in [-0.05, 0) is 42.5 Å². The third-order valence-electron chi connectivity index (χ3n) is 7.36. The third-order valence-corrected chi connectivity index (χ3v) is 7.36. The minimum atomic E-state index is -0.663. The number of para-hydroxylation sites is 3. The average molecular weight is 357 g/mol. The van der Waals surface area contributed by atoms with E-state index in [0.717, 1.165) is 41.0 Å². The molecule has 0 spiro atoms. The second-order valence-electron chi connectivity index (χ2n) is 8.59. The number of nitrogens with zero attached hydrogens (tertiary/aromatic N) is 2. The van der Waals surface area contributed by atoms with Crippen LogP contribution in [0.5, 0.6) is 0 Å². The Bertz CT molecular complexity index is 1080. The molecular formula is C23H23N3O. The number of aromatic nitrogens is 2. The van der Waals surface area contributed by atoms with Crippen molar-refractivity contribution in [2.75, 3.05) is 5.32 Å². The zero-order valence-corrected chi connectivity index (χ0v) is 15.9. The molecular weight excluding hydrogens is 334 g/mol. The van der Waals surface area contributed by atoms with E-state index in [9.17, 15) is 4.79 Å². The molecule has 0 unspecified atom stereocenters. The smallest absolute Gasteiger partial charge is 0.237 e. The Morgan fingerprint density at radius 3 is 2.11 bits per heavy atom. The molecule has 0 aliphatic heterocycles. The first-order valence-electron chi connectivity index (χ1n) is 9.54. The maximum atomic E-state index is 13.7. The molecule has 2 aromatic carbocycles. The Hall–Kier alpha value is -2.75. The van der Waals surface area contributed by atoms with Gasteiger partial charge in [0.2, 0.25) is 5.91 Å². The van der Waals surface area contributed by atoms with Crippen LogP contribution in [-0.2, 0) is 15.6 Å². The van der Waals surface area contributed by atoms with Crippen molar-refractivity contribution in [3.05, 3.63) is 66.0 Å². The number of amides is 1. The molecule has 1 aromatic heterocycles. The van der Waals surface area contributed by atoms with E-state index in [1.165, 1.54) is 0 Å². The number of carbonyl (C=O) groups is 1. The molecule has 136 valence electrons. The van der Waals surface area contributed by atoms with E-state index in [2.05, 4.69) is 26.1 Å². The Morgan fingerprint density at radius 2 is 1.44 bits per heavy atom. The summed E-state index contributed by atoms with van der Waals surface area (Å²) in [5.74, 6) is 0.0331. The van der Waals surface area contributed by atoms with Crippen LogP contribution in [0.4, 0.5) is 5.69 Å². The fourth-order valence-electron chi connectivity index (χ4n) is 5.31. The highest BCUT2D eigenvalue weighted by atomic mass is 16.2. The van der Waals surface area contributed by atoms with Crippen molar-refractivity contribution < 1.29 is 4.79 Å². The van der Waals surface area contributed by atoms with Crippen LogP contribution >= 0.6 is 0 Å². The van der Waals surface area contributed by atoms with Gasteiger partial charge in [-0.25, -0.2) is 9.97 Å². The highest BCUT2D eigenvalue weighted by Crippen LogP contribution is 2.70. The van der Waals surface area contributed by atoms with Crippen molar-refractivity contribution in [3.63, 3.8) is 0 Å². The zero-order valence-electron chi connectivity index (χ0n) is 15.9. The van der Waals surface area contributed by atoms with Crippen LogP contribution in [-0.4, -0.2) is 15.9 Å². The minimum absolute atomic E-state index is 0.0331. The molecule has 27 heavy (non-hydrogen) atoms. The molecule has 2 atom stereocenters. The molecule has 5 rings (SSSR count).